The third-order valence-electron chi connectivity index (χ3n) is 5.71. The smallest absolute Gasteiger partial charge is 0.246 e. The van der Waals surface area contributed by atoms with Crippen LogP contribution in [0.15, 0.2) is 43.1 Å². The highest BCUT2D eigenvalue weighted by Gasteiger charge is 2.23. The number of anilines is 3. The first-order valence-electron chi connectivity index (χ1n) is 10.8. The summed E-state index contributed by atoms with van der Waals surface area (Å²) in [6.45, 7) is 4.70. The lowest BCUT2D eigenvalue weighted by Crippen LogP contribution is -2.44. The van der Waals surface area contributed by atoms with Gasteiger partial charge in [0.15, 0.2) is 11.6 Å². The molecule has 1 aromatic carbocycles. The molecule has 1 aliphatic carbocycles. The van der Waals surface area contributed by atoms with Gasteiger partial charge < -0.3 is 20.3 Å². The first-order valence-corrected chi connectivity index (χ1v) is 10.8. The van der Waals surface area contributed by atoms with Crippen LogP contribution in [0, 0.1) is 5.82 Å². The highest BCUT2D eigenvalue weighted by molar-refractivity contribution is 5.87. The molecule has 0 spiro atoms. The van der Waals surface area contributed by atoms with Crippen LogP contribution in [-0.4, -0.2) is 46.0 Å². The number of benzene rings is 1. The van der Waals surface area contributed by atoms with Gasteiger partial charge in [-0.2, -0.15) is 4.98 Å². The maximum absolute atomic E-state index is 14.3. The topological polar surface area (TPSA) is 79.4 Å². The molecule has 2 fully saturated rings. The molecule has 31 heavy (non-hydrogen) atoms. The summed E-state index contributed by atoms with van der Waals surface area (Å²) in [4.78, 5) is 21.9. The molecule has 2 aliphatic rings. The molecule has 0 radical (unpaired) electrons. The average molecular weight is 426 g/mol. The standard InChI is InChI=1S/C23H28FN5O2/c1-2-21(30)29-13-5-6-17(15-29)26-22-20(24)14-25-23(28-22)27-16-9-11-19(12-10-16)31-18-7-3-4-8-18/h2,9-12,14,17-18H,1,3-8,13,15H2,(H2,25,26,27,28)/t17-/m1/s1. The van der Waals surface area contributed by atoms with E-state index in [1.165, 1.54) is 18.9 Å². The van der Waals surface area contributed by atoms with Crippen LogP contribution in [0.4, 0.5) is 21.8 Å². The number of carbonyl (C=O) groups excluding carboxylic acids is 1. The molecule has 7 nitrogen and oxygen atoms in total. The number of halogens is 1. The van der Waals surface area contributed by atoms with Gasteiger partial charge in [0.25, 0.3) is 0 Å². The number of hydrogen-bond donors (Lipinski definition) is 2. The molecule has 2 heterocycles. The number of ether oxygens (including phenoxy) is 1. The molecule has 1 saturated heterocycles. The molecule has 1 aromatic heterocycles. The second kappa shape index (κ2) is 9.76. The van der Waals surface area contributed by atoms with E-state index in [1.807, 2.05) is 24.3 Å². The van der Waals surface area contributed by atoms with Crippen molar-refractivity contribution in [3.8, 4) is 5.75 Å². The molecule has 1 amide bonds. The molecular weight excluding hydrogens is 397 g/mol. The summed E-state index contributed by atoms with van der Waals surface area (Å²) in [6, 6.07) is 7.53. The summed E-state index contributed by atoms with van der Waals surface area (Å²) in [5.74, 6) is 0.617. The number of likely N-dealkylation sites (tertiary alicyclic amines) is 1. The van der Waals surface area contributed by atoms with Crippen LogP contribution in [0.1, 0.15) is 38.5 Å². The number of nitrogens with zero attached hydrogens (tertiary/aromatic N) is 3. The number of hydrogen-bond acceptors (Lipinski definition) is 6. The quantitative estimate of drug-likeness (QED) is 0.645. The zero-order valence-electron chi connectivity index (χ0n) is 17.5. The van der Waals surface area contributed by atoms with E-state index >= 15 is 0 Å². The molecule has 1 saturated carbocycles. The normalized spacial score (nSPS) is 19.1. The zero-order valence-corrected chi connectivity index (χ0v) is 17.5. The highest BCUT2D eigenvalue weighted by Crippen LogP contribution is 2.26. The third kappa shape index (κ3) is 5.51. The van der Waals surface area contributed by atoms with Gasteiger partial charge in [-0.05, 0) is 68.9 Å². The molecule has 1 aliphatic heterocycles. The highest BCUT2D eigenvalue weighted by atomic mass is 19.1. The molecule has 164 valence electrons. The van der Waals surface area contributed by atoms with Crippen molar-refractivity contribution in [1.29, 1.82) is 0 Å². The van der Waals surface area contributed by atoms with Crippen LogP contribution >= 0.6 is 0 Å². The molecule has 4 rings (SSSR count). The summed E-state index contributed by atoms with van der Waals surface area (Å²) < 4.78 is 20.3. The number of amides is 1. The number of nitrogens with one attached hydrogen (secondary N) is 2. The maximum Gasteiger partial charge on any atom is 0.246 e. The first kappa shape index (κ1) is 21.1. The fraction of sp³-hybridized carbons (Fsp3) is 0.435. The van der Waals surface area contributed by atoms with Gasteiger partial charge in [0, 0.05) is 24.8 Å². The van der Waals surface area contributed by atoms with E-state index in [0.717, 1.165) is 43.3 Å². The Morgan fingerprint density at radius 2 is 1.97 bits per heavy atom. The summed E-state index contributed by atoms with van der Waals surface area (Å²) in [6.07, 6.45) is 9.10. The van der Waals surface area contributed by atoms with Gasteiger partial charge in [-0.1, -0.05) is 6.58 Å². The largest absolute Gasteiger partial charge is 0.490 e. The van der Waals surface area contributed by atoms with E-state index in [-0.39, 0.29) is 17.8 Å². The van der Waals surface area contributed by atoms with E-state index in [2.05, 4.69) is 27.2 Å². The van der Waals surface area contributed by atoms with Gasteiger partial charge >= 0.3 is 0 Å². The lowest BCUT2D eigenvalue weighted by molar-refractivity contribution is -0.127. The Balaban J connectivity index is 1.38. The zero-order chi connectivity index (χ0) is 21.6. The lowest BCUT2D eigenvalue weighted by atomic mass is 10.1. The van der Waals surface area contributed by atoms with Crippen LogP contribution in [0.25, 0.3) is 0 Å². The Morgan fingerprint density at radius 1 is 1.19 bits per heavy atom. The number of carbonyl (C=O) groups is 1. The summed E-state index contributed by atoms with van der Waals surface area (Å²) >= 11 is 0. The molecule has 8 heteroatoms. The van der Waals surface area contributed by atoms with Gasteiger partial charge in [0.05, 0.1) is 12.3 Å². The SMILES string of the molecule is C=CC(=O)N1CCC[C@@H](Nc2nc(Nc3ccc(OC4CCCC4)cc3)ncc2F)C1. The van der Waals surface area contributed by atoms with Crippen LogP contribution < -0.4 is 15.4 Å². The summed E-state index contributed by atoms with van der Waals surface area (Å²) in [5.41, 5.74) is 0.789. The van der Waals surface area contributed by atoms with Crippen LogP contribution in [0.3, 0.4) is 0 Å². The monoisotopic (exact) mass is 425 g/mol. The van der Waals surface area contributed by atoms with Crippen molar-refractivity contribution in [2.45, 2.75) is 50.7 Å². The summed E-state index contributed by atoms with van der Waals surface area (Å²) in [5, 5.41) is 6.22. The molecule has 1 atom stereocenters. The minimum atomic E-state index is -0.530. The lowest BCUT2D eigenvalue weighted by Gasteiger charge is -2.32. The Hall–Kier alpha value is -3.16. The average Bonchev–Trinajstić information content (AvgIpc) is 3.30. The van der Waals surface area contributed by atoms with Crippen molar-refractivity contribution in [1.82, 2.24) is 14.9 Å². The van der Waals surface area contributed by atoms with Crippen molar-refractivity contribution in [2.75, 3.05) is 23.7 Å². The number of aromatic nitrogens is 2. The van der Waals surface area contributed by atoms with Crippen molar-refractivity contribution < 1.29 is 13.9 Å². The predicted molar refractivity (Wildman–Crippen MR) is 118 cm³/mol. The van der Waals surface area contributed by atoms with Crippen LogP contribution in [-0.2, 0) is 4.79 Å². The number of piperidine rings is 1. The minimum Gasteiger partial charge on any atom is -0.490 e. The van der Waals surface area contributed by atoms with Gasteiger partial charge in [-0.25, -0.2) is 9.37 Å². The van der Waals surface area contributed by atoms with Crippen molar-refractivity contribution >= 4 is 23.4 Å². The van der Waals surface area contributed by atoms with Crippen molar-refractivity contribution in [2.24, 2.45) is 0 Å². The molecule has 2 N–H and O–H groups in total. The van der Waals surface area contributed by atoms with Crippen LogP contribution in [0.2, 0.25) is 0 Å². The van der Waals surface area contributed by atoms with Gasteiger partial charge in [-0.3, -0.25) is 4.79 Å². The summed E-state index contributed by atoms with van der Waals surface area (Å²) in [7, 11) is 0. The van der Waals surface area contributed by atoms with Crippen molar-refractivity contribution in [3.63, 3.8) is 0 Å². The molecule has 0 bridgehead atoms. The second-order valence-electron chi connectivity index (χ2n) is 8.04. The minimum absolute atomic E-state index is 0.0816. The first-order chi connectivity index (χ1) is 15.1. The Bertz CT molecular complexity index is 915. The van der Waals surface area contributed by atoms with Gasteiger partial charge in [0.2, 0.25) is 11.9 Å². The van der Waals surface area contributed by atoms with E-state index in [4.69, 9.17) is 4.74 Å². The van der Waals surface area contributed by atoms with E-state index in [9.17, 15) is 9.18 Å². The maximum atomic E-state index is 14.3. The van der Waals surface area contributed by atoms with Crippen LogP contribution in [0.5, 0.6) is 5.75 Å². The third-order valence-corrected chi connectivity index (χ3v) is 5.71. The van der Waals surface area contributed by atoms with E-state index < -0.39 is 5.82 Å². The van der Waals surface area contributed by atoms with Crippen molar-refractivity contribution in [3.05, 3.63) is 48.9 Å². The second-order valence-corrected chi connectivity index (χ2v) is 8.04. The van der Waals surface area contributed by atoms with E-state index in [1.54, 1.807) is 4.90 Å². The molecule has 0 unspecified atom stereocenters. The van der Waals surface area contributed by atoms with Gasteiger partial charge in [0.1, 0.15) is 5.75 Å². The molecular formula is C23H28FN5O2. The Morgan fingerprint density at radius 3 is 2.71 bits per heavy atom. The fourth-order valence-corrected chi connectivity index (χ4v) is 4.09. The predicted octanol–water partition coefficient (Wildman–Crippen LogP) is 4.27. The van der Waals surface area contributed by atoms with E-state index in [0.29, 0.717) is 25.1 Å². The Labute approximate surface area is 181 Å². The Kier molecular flexibility index (Phi) is 6.64. The fourth-order valence-electron chi connectivity index (χ4n) is 4.09. The number of rotatable bonds is 7. The molecule has 2 aromatic rings. The van der Waals surface area contributed by atoms with Gasteiger partial charge in [-0.15, -0.1) is 0 Å².